The van der Waals surface area contributed by atoms with Crippen molar-refractivity contribution >= 4 is 28.6 Å². The standard InChI is InChI=1S/C28H28ClN3O5/c1-3-5-18-11-17(14-32-15-31-21-9-10-30-27(29)24(21)32)12-19(6-4-2)25(18)37-26(28(33)34)20-7-8-22-23(13-20)36-16-35-22/h7-13,15,26H,3-6,14,16H2,1-2H3,(H,33,34). The van der Waals surface area contributed by atoms with Gasteiger partial charge in [0.15, 0.2) is 16.7 Å². The number of nitrogens with zero attached hydrogens (tertiary/aromatic N) is 3. The highest BCUT2D eigenvalue weighted by atomic mass is 35.5. The van der Waals surface area contributed by atoms with Gasteiger partial charge in [-0.3, -0.25) is 0 Å². The van der Waals surface area contributed by atoms with Gasteiger partial charge in [0.05, 0.1) is 11.8 Å². The van der Waals surface area contributed by atoms with Gasteiger partial charge in [-0.15, -0.1) is 0 Å². The van der Waals surface area contributed by atoms with Crippen LogP contribution in [0.4, 0.5) is 0 Å². The zero-order valence-electron chi connectivity index (χ0n) is 20.7. The van der Waals surface area contributed by atoms with Gasteiger partial charge in [-0.25, -0.2) is 14.8 Å². The molecule has 0 saturated heterocycles. The summed E-state index contributed by atoms with van der Waals surface area (Å²) in [6, 6.07) is 11.1. The van der Waals surface area contributed by atoms with E-state index >= 15 is 0 Å². The molecule has 1 unspecified atom stereocenters. The van der Waals surface area contributed by atoms with Crippen molar-refractivity contribution in [1.82, 2.24) is 14.5 Å². The van der Waals surface area contributed by atoms with E-state index in [1.807, 2.05) is 10.6 Å². The van der Waals surface area contributed by atoms with E-state index in [4.69, 9.17) is 25.8 Å². The maximum Gasteiger partial charge on any atom is 0.349 e. The molecule has 0 radical (unpaired) electrons. The molecule has 0 fully saturated rings. The number of halogens is 1. The lowest BCUT2D eigenvalue weighted by molar-refractivity contribution is -0.145. The number of rotatable bonds is 10. The number of ether oxygens (including phenoxy) is 3. The van der Waals surface area contributed by atoms with Crippen LogP contribution < -0.4 is 14.2 Å². The van der Waals surface area contributed by atoms with Gasteiger partial charge in [-0.1, -0.05) is 56.5 Å². The summed E-state index contributed by atoms with van der Waals surface area (Å²) >= 11 is 6.37. The molecule has 8 nitrogen and oxygen atoms in total. The smallest absolute Gasteiger partial charge is 0.349 e. The second kappa shape index (κ2) is 10.7. The third-order valence-electron chi connectivity index (χ3n) is 6.34. The molecule has 0 amide bonds. The van der Waals surface area contributed by atoms with E-state index in [-0.39, 0.29) is 6.79 Å². The van der Waals surface area contributed by atoms with Crippen molar-refractivity contribution in [3.63, 3.8) is 0 Å². The van der Waals surface area contributed by atoms with Crippen molar-refractivity contribution in [3.8, 4) is 17.2 Å². The van der Waals surface area contributed by atoms with E-state index in [2.05, 4.69) is 35.9 Å². The molecule has 0 spiro atoms. The van der Waals surface area contributed by atoms with Crippen LogP contribution in [0.2, 0.25) is 5.15 Å². The molecule has 1 atom stereocenters. The van der Waals surface area contributed by atoms with Crippen LogP contribution in [0.1, 0.15) is 55.0 Å². The third-order valence-corrected chi connectivity index (χ3v) is 6.61. The minimum absolute atomic E-state index is 0.119. The monoisotopic (exact) mass is 521 g/mol. The van der Waals surface area contributed by atoms with Gasteiger partial charge in [0.25, 0.3) is 0 Å². The van der Waals surface area contributed by atoms with Crippen LogP contribution in [0.25, 0.3) is 11.0 Å². The van der Waals surface area contributed by atoms with Crippen molar-refractivity contribution in [3.05, 3.63) is 76.3 Å². The summed E-state index contributed by atoms with van der Waals surface area (Å²) in [5.74, 6) is 0.677. The summed E-state index contributed by atoms with van der Waals surface area (Å²) < 4.78 is 19.1. The Kier molecular flexibility index (Phi) is 7.19. The lowest BCUT2D eigenvalue weighted by Gasteiger charge is -2.22. The highest BCUT2D eigenvalue weighted by Crippen LogP contribution is 2.38. The first-order chi connectivity index (χ1) is 18.0. The predicted octanol–water partition coefficient (Wildman–Crippen LogP) is 5.97. The van der Waals surface area contributed by atoms with Crippen LogP contribution in [0, 0.1) is 0 Å². The molecule has 3 heterocycles. The first kappa shape index (κ1) is 24.9. The van der Waals surface area contributed by atoms with Crippen LogP contribution in [-0.4, -0.2) is 32.4 Å². The second-order valence-corrected chi connectivity index (χ2v) is 9.39. The number of hydrogen-bond acceptors (Lipinski definition) is 6. The average Bonchev–Trinajstić information content (AvgIpc) is 3.51. The van der Waals surface area contributed by atoms with Gasteiger partial charge in [0.2, 0.25) is 12.9 Å². The van der Waals surface area contributed by atoms with Gasteiger partial charge in [0, 0.05) is 18.3 Å². The Morgan fingerprint density at radius 1 is 1.08 bits per heavy atom. The molecular weight excluding hydrogens is 494 g/mol. The molecule has 2 aromatic heterocycles. The number of aryl methyl sites for hydroxylation is 2. The van der Waals surface area contributed by atoms with Gasteiger partial charge in [-0.2, -0.15) is 0 Å². The van der Waals surface area contributed by atoms with Gasteiger partial charge in [-0.05, 0) is 47.7 Å². The van der Waals surface area contributed by atoms with E-state index in [0.29, 0.717) is 34.5 Å². The summed E-state index contributed by atoms with van der Waals surface area (Å²) in [5, 5.41) is 10.5. The summed E-state index contributed by atoms with van der Waals surface area (Å²) in [4.78, 5) is 21.0. The molecular formula is C28H28ClN3O5. The predicted molar refractivity (Wildman–Crippen MR) is 140 cm³/mol. The maximum atomic E-state index is 12.4. The summed E-state index contributed by atoms with van der Waals surface area (Å²) in [6.45, 7) is 4.86. The summed E-state index contributed by atoms with van der Waals surface area (Å²) in [5.41, 5.74) is 5.09. The number of aromatic nitrogens is 3. The van der Waals surface area contributed by atoms with Crippen molar-refractivity contribution in [1.29, 1.82) is 0 Å². The fourth-order valence-corrected chi connectivity index (χ4v) is 4.99. The number of carboxylic acids is 1. The highest BCUT2D eigenvalue weighted by Gasteiger charge is 2.27. The highest BCUT2D eigenvalue weighted by molar-refractivity contribution is 6.33. The molecule has 5 rings (SSSR count). The van der Waals surface area contributed by atoms with Crippen molar-refractivity contribution in [2.75, 3.05) is 6.79 Å². The normalized spacial score (nSPS) is 13.2. The number of hydrogen-bond donors (Lipinski definition) is 1. The molecule has 1 aliphatic rings. The Labute approximate surface area is 219 Å². The van der Waals surface area contributed by atoms with Crippen LogP contribution in [0.3, 0.4) is 0 Å². The zero-order valence-corrected chi connectivity index (χ0v) is 21.5. The van der Waals surface area contributed by atoms with E-state index in [9.17, 15) is 9.90 Å². The maximum absolute atomic E-state index is 12.4. The first-order valence-corrected chi connectivity index (χ1v) is 12.7. The number of fused-ring (bicyclic) bond motifs is 2. The molecule has 2 aromatic carbocycles. The van der Waals surface area contributed by atoms with Gasteiger partial charge >= 0.3 is 5.97 Å². The van der Waals surface area contributed by atoms with Crippen LogP contribution in [-0.2, 0) is 24.2 Å². The Morgan fingerprint density at radius 2 is 1.81 bits per heavy atom. The van der Waals surface area contributed by atoms with Crippen LogP contribution in [0.5, 0.6) is 17.2 Å². The lowest BCUT2D eigenvalue weighted by Crippen LogP contribution is -2.20. The Bertz CT molecular complexity index is 1420. The second-order valence-electron chi connectivity index (χ2n) is 9.03. The van der Waals surface area contributed by atoms with Crippen LogP contribution in [0.15, 0.2) is 48.9 Å². The lowest BCUT2D eigenvalue weighted by atomic mass is 9.97. The Hall–Kier alpha value is -3.78. The van der Waals surface area contributed by atoms with E-state index in [1.54, 1.807) is 30.7 Å². The summed E-state index contributed by atoms with van der Waals surface area (Å²) in [6.07, 6.45) is 5.50. The van der Waals surface area contributed by atoms with E-state index in [1.165, 1.54) is 0 Å². The first-order valence-electron chi connectivity index (χ1n) is 12.4. The topological polar surface area (TPSA) is 95.7 Å². The molecule has 0 saturated carbocycles. The van der Waals surface area contributed by atoms with Crippen molar-refractivity contribution in [2.24, 2.45) is 0 Å². The molecule has 4 aromatic rings. The molecule has 0 bridgehead atoms. The molecule has 1 aliphatic heterocycles. The number of benzene rings is 2. The summed E-state index contributed by atoms with van der Waals surface area (Å²) in [7, 11) is 0. The van der Waals surface area contributed by atoms with Gasteiger partial charge < -0.3 is 23.9 Å². The molecule has 0 aliphatic carbocycles. The fraction of sp³-hybridized carbons (Fsp3) is 0.321. The zero-order chi connectivity index (χ0) is 25.9. The number of pyridine rings is 1. The molecule has 37 heavy (non-hydrogen) atoms. The van der Waals surface area contributed by atoms with E-state index < -0.39 is 12.1 Å². The third kappa shape index (κ3) is 5.06. The average molecular weight is 522 g/mol. The Morgan fingerprint density at radius 3 is 2.51 bits per heavy atom. The van der Waals surface area contributed by atoms with Crippen LogP contribution >= 0.6 is 11.6 Å². The number of carboxylic acid groups (broad SMARTS) is 1. The van der Waals surface area contributed by atoms with Crippen molar-refractivity contribution in [2.45, 2.75) is 52.2 Å². The van der Waals surface area contributed by atoms with Gasteiger partial charge in [0.1, 0.15) is 11.3 Å². The minimum Gasteiger partial charge on any atom is -0.478 e. The SMILES string of the molecule is CCCc1cc(Cn2cnc3ccnc(Cl)c32)cc(CCC)c1OC(C(=O)O)c1ccc2c(c1)OCO2. The number of carbonyl (C=O) groups is 1. The Balaban J connectivity index is 1.53. The fourth-order valence-electron chi connectivity index (χ4n) is 4.73. The van der Waals surface area contributed by atoms with E-state index in [0.717, 1.165) is 53.4 Å². The molecule has 9 heteroatoms. The molecule has 1 N–H and O–H groups in total. The quantitative estimate of drug-likeness (QED) is 0.257. The molecule has 192 valence electrons. The number of imidazole rings is 1. The largest absolute Gasteiger partial charge is 0.478 e. The number of aliphatic carboxylic acids is 1. The van der Waals surface area contributed by atoms with Crippen molar-refractivity contribution < 1.29 is 24.1 Å². The minimum atomic E-state index is -1.19.